The van der Waals surface area contributed by atoms with Crippen molar-refractivity contribution in [1.29, 1.82) is 0 Å². The van der Waals surface area contributed by atoms with E-state index in [2.05, 4.69) is 17.5 Å². The van der Waals surface area contributed by atoms with Gasteiger partial charge in [0.05, 0.1) is 12.8 Å². The van der Waals surface area contributed by atoms with Gasteiger partial charge in [-0.2, -0.15) is 5.10 Å². The Balaban J connectivity index is 1.97. The second-order valence-electron chi connectivity index (χ2n) is 4.95. The molecule has 0 saturated carbocycles. The van der Waals surface area contributed by atoms with Gasteiger partial charge in [-0.3, -0.25) is 4.79 Å². The Bertz CT molecular complexity index is 669. The summed E-state index contributed by atoms with van der Waals surface area (Å²) in [6.07, 6.45) is 3.65. The van der Waals surface area contributed by atoms with Gasteiger partial charge in [0, 0.05) is 16.1 Å². The summed E-state index contributed by atoms with van der Waals surface area (Å²) in [6, 6.07) is 14.2. The molecule has 0 heterocycles. The molecule has 120 valence electrons. The van der Waals surface area contributed by atoms with Gasteiger partial charge in [0.2, 0.25) is 0 Å². The first-order chi connectivity index (χ1) is 11.2. The van der Waals surface area contributed by atoms with Crippen LogP contribution >= 0.6 is 11.6 Å². The van der Waals surface area contributed by atoms with Crippen molar-refractivity contribution >= 4 is 23.7 Å². The van der Waals surface area contributed by atoms with Gasteiger partial charge in [-0.05, 0) is 42.8 Å². The van der Waals surface area contributed by atoms with E-state index in [1.54, 1.807) is 30.5 Å². The number of hydrazone groups is 1. The molecule has 2 aromatic rings. The Morgan fingerprint density at radius 3 is 2.70 bits per heavy atom. The van der Waals surface area contributed by atoms with Crippen molar-refractivity contribution in [2.75, 3.05) is 6.61 Å². The molecule has 0 aromatic heterocycles. The summed E-state index contributed by atoms with van der Waals surface area (Å²) < 4.78 is 5.71. The third-order valence-electron chi connectivity index (χ3n) is 3.15. The van der Waals surface area contributed by atoms with Crippen LogP contribution in [-0.4, -0.2) is 18.7 Å². The van der Waals surface area contributed by atoms with Crippen LogP contribution in [0.15, 0.2) is 53.6 Å². The zero-order chi connectivity index (χ0) is 16.5. The van der Waals surface area contributed by atoms with E-state index in [4.69, 9.17) is 16.3 Å². The van der Waals surface area contributed by atoms with Crippen LogP contribution in [0.5, 0.6) is 5.75 Å². The highest BCUT2D eigenvalue weighted by molar-refractivity contribution is 6.30. The average molecular weight is 331 g/mol. The highest BCUT2D eigenvalue weighted by Crippen LogP contribution is 2.16. The lowest BCUT2D eigenvalue weighted by Crippen LogP contribution is -2.17. The number of amides is 1. The molecule has 0 aliphatic heterocycles. The van der Waals surface area contributed by atoms with Crippen molar-refractivity contribution in [1.82, 2.24) is 5.43 Å². The van der Waals surface area contributed by atoms with Crippen LogP contribution in [0.1, 0.15) is 35.7 Å². The minimum atomic E-state index is -0.290. The molecule has 0 spiro atoms. The van der Waals surface area contributed by atoms with Gasteiger partial charge in [-0.25, -0.2) is 5.43 Å². The smallest absolute Gasteiger partial charge is 0.271 e. The molecule has 0 radical (unpaired) electrons. The Labute approximate surface area is 141 Å². The number of ether oxygens (including phenoxy) is 1. The molecule has 5 heteroatoms. The molecular formula is C18H19ClN2O2. The van der Waals surface area contributed by atoms with Gasteiger partial charge < -0.3 is 4.74 Å². The van der Waals surface area contributed by atoms with E-state index >= 15 is 0 Å². The topological polar surface area (TPSA) is 50.7 Å². The van der Waals surface area contributed by atoms with E-state index in [1.807, 2.05) is 24.3 Å². The van der Waals surface area contributed by atoms with Crippen LogP contribution in [0.2, 0.25) is 5.02 Å². The Morgan fingerprint density at radius 2 is 1.96 bits per heavy atom. The van der Waals surface area contributed by atoms with Crippen molar-refractivity contribution in [3.63, 3.8) is 0 Å². The lowest BCUT2D eigenvalue weighted by atomic mass is 10.2. The number of rotatable bonds is 7. The van der Waals surface area contributed by atoms with Gasteiger partial charge in [-0.15, -0.1) is 0 Å². The summed E-state index contributed by atoms with van der Waals surface area (Å²) >= 11 is 5.80. The predicted molar refractivity (Wildman–Crippen MR) is 93.4 cm³/mol. The number of nitrogens with one attached hydrogen (secondary N) is 1. The standard InChI is InChI=1S/C18H19ClN2O2/c1-2-3-12-23-17-7-5-4-6-15(17)13-20-21-18(22)14-8-10-16(19)11-9-14/h4-11,13H,2-3,12H2,1H3,(H,21,22)/b20-13-. The molecule has 0 aliphatic rings. The quantitative estimate of drug-likeness (QED) is 0.468. The maximum Gasteiger partial charge on any atom is 0.271 e. The number of hydrogen-bond acceptors (Lipinski definition) is 3. The van der Waals surface area contributed by atoms with Crippen molar-refractivity contribution < 1.29 is 9.53 Å². The van der Waals surface area contributed by atoms with Crippen LogP contribution in [0.3, 0.4) is 0 Å². The van der Waals surface area contributed by atoms with E-state index in [9.17, 15) is 4.79 Å². The molecule has 0 bridgehead atoms. The molecule has 0 fully saturated rings. The maximum absolute atomic E-state index is 11.9. The minimum absolute atomic E-state index is 0.290. The number of para-hydroxylation sites is 1. The molecule has 0 unspecified atom stereocenters. The third-order valence-corrected chi connectivity index (χ3v) is 3.40. The molecule has 2 rings (SSSR count). The minimum Gasteiger partial charge on any atom is -0.493 e. The number of nitrogens with zero attached hydrogens (tertiary/aromatic N) is 1. The fraction of sp³-hybridized carbons (Fsp3) is 0.222. The summed E-state index contributed by atoms with van der Waals surface area (Å²) in [6.45, 7) is 2.78. The molecule has 2 aromatic carbocycles. The number of benzene rings is 2. The first kappa shape index (κ1) is 17.0. The van der Waals surface area contributed by atoms with Crippen molar-refractivity contribution in [2.24, 2.45) is 5.10 Å². The predicted octanol–water partition coefficient (Wildman–Crippen LogP) is 4.28. The first-order valence-electron chi connectivity index (χ1n) is 7.51. The zero-order valence-electron chi connectivity index (χ0n) is 13.0. The second-order valence-corrected chi connectivity index (χ2v) is 5.38. The largest absolute Gasteiger partial charge is 0.493 e. The van der Waals surface area contributed by atoms with Crippen LogP contribution < -0.4 is 10.2 Å². The lowest BCUT2D eigenvalue weighted by molar-refractivity contribution is 0.0955. The molecule has 0 saturated heterocycles. The van der Waals surface area contributed by atoms with Crippen molar-refractivity contribution in [2.45, 2.75) is 19.8 Å². The van der Waals surface area contributed by atoms with Crippen LogP contribution in [-0.2, 0) is 0 Å². The van der Waals surface area contributed by atoms with Crippen LogP contribution in [0.4, 0.5) is 0 Å². The van der Waals surface area contributed by atoms with Gasteiger partial charge in [0.1, 0.15) is 5.75 Å². The molecule has 0 atom stereocenters. The Kier molecular flexibility index (Phi) is 6.63. The van der Waals surface area contributed by atoms with Gasteiger partial charge in [-0.1, -0.05) is 37.1 Å². The third kappa shape index (κ3) is 5.42. The van der Waals surface area contributed by atoms with E-state index in [0.29, 0.717) is 17.2 Å². The second kappa shape index (κ2) is 8.96. The first-order valence-corrected chi connectivity index (χ1v) is 7.89. The summed E-state index contributed by atoms with van der Waals surface area (Å²) in [7, 11) is 0. The average Bonchev–Trinajstić information content (AvgIpc) is 2.57. The summed E-state index contributed by atoms with van der Waals surface area (Å²) in [5.74, 6) is 0.466. The number of unbranched alkanes of at least 4 members (excludes halogenated alkanes) is 1. The van der Waals surface area contributed by atoms with Gasteiger partial charge in [0.15, 0.2) is 0 Å². The molecule has 0 aliphatic carbocycles. The van der Waals surface area contributed by atoms with E-state index in [0.717, 1.165) is 24.2 Å². The Hall–Kier alpha value is -2.33. The SMILES string of the molecule is CCCCOc1ccccc1/C=N\NC(=O)c1ccc(Cl)cc1. The van der Waals surface area contributed by atoms with Gasteiger partial charge >= 0.3 is 0 Å². The van der Waals surface area contributed by atoms with E-state index in [1.165, 1.54) is 0 Å². The summed E-state index contributed by atoms with van der Waals surface area (Å²) in [5, 5.41) is 4.58. The lowest BCUT2D eigenvalue weighted by Gasteiger charge is -2.08. The number of hydrogen-bond donors (Lipinski definition) is 1. The maximum atomic E-state index is 11.9. The number of halogens is 1. The molecule has 4 nitrogen and oxygen atoms in total. The zero-order valence-corrected chi connectivity index (χ0v) is 13.7. The highest BCUT2D eigenvalue weighted by atomic mass is 35.5. The number of carbonyl (C=O) groups is 1. The summed E-state index contributed by atoms with van der Waals surface area (Å²) in [5.41, 5.74) is 3.81. The normalized spacial score (nSPS) is 10.7. The molecule has 23 heavy (non-hydrogen) atoms. The fourth-order valence-electron chi connectivity index (χ4n) is 1.87. The van der Waals surface area contributed by atoms with Crippen LogP contribution in [0, 0.1) is 0 Å². The van der Waals surface area contributed by atoms with Crippen LogP contribution in [0.25, 0.3) is 0 Å². The van der Waals surface area contributed by atoms with Crippen molar-refractivity contribution in [3.8, 4) is 5.75 Å². The molecular weight excluding hydrogens is 312 g/mol. The van der Waals surface area contributed by atoms with E-state index < -0.39 is 0 Å². The fourth-order valence-corrected chi connectivity index (χ4v) is 2.00. The molecule has 1 amide bonds. The monoisotopic (exact) mass is 330 g/mol. The molecule has 1 N–H and O–H groups in total. The Morgan fingerprint density at radius 1 is 1.22 bits per heavy atom. The highest BCUT2D eigenvalue weighted by Gasteiger charge is 2.04. The summed E-state index contributed by atoms with van der Waals surface area (Å²) in [4.78, 5) is 11.9. The van der Waals surface area contributed by atoms with E-state index in [-0.39, 0.29) is 5.91 Å². The van der Waals surface area contributed by atoms with Crippen molar-refractivity contribution in [3.05, 3.63) is 64.7 Å². The van der Waals surface area contributed by atoms with Gasteiger partial charge in [0.25, 0.3) is 5.91 Å². The number of carbonyl (C=O) groups excluding carboxylic acids is 1.